The van der Waals surface area contributed by atoms with Crippen molar-refractivity contribution in [3.05, 3.63) is 11.9 Å². The lowest BCUT2D eigenvalue weighted by molar-refractivity contribution is 0.276. The van der Waals surface area contributed by atoms with Gasteiger partial charge in [-0.2, -0.15) is 0 Å². The summed E-state index contributed by atoms with van der Waals surface area (Å²) in [5, 5.41) is 6.72. The number of aromatic nitrogens is 2. The number of anilines is 2. The van der Waals surface area contributed by atoms with E-state index >= 15 is 0 Å². The third kappa shape index (κ3) is 3.58. The van der Waals surface area contributed by atoms with Gasteiger partial charge in [0.25, 0.3) is 0 Å². The van der Waals surface area contributed by atoms with Gasteiger partial charge in [0.2, 0.25) is 0 Å². The van der Waals surface area contributed by atoms with Crippen LogP contribution in [-0.4, -0.2) is 23.1 Å². The fourth-order valence-corrected chi connectivity index (χ4v) is 2.93. The second-order valence-corrected chi connectivity index (χ2v) is 5.80. The van der Waals surface area contributed by atoms with E-state index in [0.29, 0.717) is 12.0 Å². The molecule has 3 unspecified atom stereocenters. The molecule has 1 aliphatic carbocycles. The minimum Gasteiger partial charge on any atom is -0.373 e. The fourth-order valence-electron chi connectivity index (χ4n) is 2.93. The monoisotopic (exact) mass is 262 g/mol. The van der Waals surface area contributed by atoms with E-state index in [-0.39, 0.29) is 0 Å². The predicted molar refractivity (Wildman–Crippen MR) is 80.5 cm³/mol. The van der Waals surface area contributed by atoms with Gasteiger partial charge in [0.15, 0.2) is 0 Å². The smallest absolute Gasteiger partial charge is 0.132 e. The van der Waals surface area contributed by atoms with Gasteiger partial charge in [0.05, 0.1) is 0 Å². The second-order valence-electron chi connectivity index (χ2n) is 5.80. The van der Waals surface area contributed by atoms with Crippen LogP contribution in [0.4, 0.5) is 11.6 Å². The van der Waals surface area contributed by atoms with Crippen molar-refractivity contribution in [3.8, 4) is 0 Å². The molecule has 0 amide bonds. The Kier molecular flexibility index (Phi) is 4.61. The number of rotatable bonds is 4. The van der Waals surface area contributed by atoms with Gasteiger partial charge >= 0.3 is 0 Å². The molecule has 0 radical (unpaired) electrons. The molecular weight excluding hydrogens is 236 g/mol. The molecule has 1 fully saturated rings. The van der Waals surface area contributed by atoms with Crippen molar-refractivity contribution in [3.63, 3.8) is 0 Å². The molecule has 1 aromatic heterocycles. The van der Waals surface area contributed by atoms with E-state index in [1.54, 1.807) is 0 Å². The maximum absolute atomic E-state index is 4.59. The Morgan fingerprint density at radius 2 is 1.95 bits per heavy atom. The first kappa shape index (κ1) is 14.1. The molecule has 106 valence electrons. The summed E-state index contributed by atoms with van der Waals surface area (Å²) in [4.78, 5) is 9.02. The summed E-state index contributed by atoms with van der Waals surface area (Å²) >= 11 is 0. The van der Waals surface area contributed by atoms with E-state index in [1.807, 2.05) is 13.1 Å². The first-order valence-electron chi connectivity index (χ1n) is 7.44. The van der Waals surface area contributed by atoms with E-state index in [4.69, 9.17) is 0 Å². The summed E-state index contributed by atoms with van der Waals surface area (Å²) in [6.07, 6.45) is 4.72. The van der Waals surface area contributed by atoms with Gasteiger partial charge in [0, 0.05) is 25.6 Å². The Hall–Kier alpha value is -1.32. The van der Waals surface area contributed by atoms with Gasteiger partial charge in [-0.3, -0.25) is 0 Å². The van der Waals surface area contributed by atoms with Crippen LogP contribution in [0, 0.1) is 11.8 Å². The minimum atomic E-state index is 0.542. The quantitative estimate of drug-likeness (QED) is 0.874. The maximum Gasteiger partial charge on any atom is 0.132 e. The molecule has 3 atom stereocenters. The molecule has 0 saturated heterocycles. The number of hydrogen-bond acceptors (Lipinski definition) is 4. The molecule has 4 nitrogen and oxygen atoms in total. The van der Waals surface area contributed by atoms with Crippen molar-refractivity contribution >= 4 is 11.6 Å². The normalized spacial score (nSPS) is 27.1. The lowest BCUT2D eigenvalue weighted by Crippen LogP contribution is -2.33. The van der Waals surface area contributed by atoms with Gasteiger partial charge in [-0.05, 0) is 31.1 Å². The fraction of sp³-hybridized carbons (Fsp3) is 0.733. The minimum absolute atomic E-state index is 0.542. The maximum atomic E-state index is 4.59. The molecule has 0 aromatic carbocycles. The number of aryl methyl sites for hydroxylation is 1. The van der Waals surface area contributed by atoms with Gasteiger partial charge in [-0.15, -0.1) is 0 Å². The van der Waals surface area contributed by atoms with Crippen LogP contribution in [0.2, 0.25) is 0 Å². The van der Waals surface area contributed by atoms with Crippen molar-refractivity contribution in [2.45, 2.75) is 52.5 Å². The average molecular weight is 262 g/mol. The van der Waals surface area contributed by atoms with Crippen molar-refractivity contribution < 1.29 is 0 Å². The van der Waals surface area contributed by atoms with Crippen molar-refractivity contribution in [2.24, 2.45) is 11.8 Å². The summed E-state index contributed by atoms with van der Waals surface area (Å²) in [6, 6.07) is 2.55. The van der Waals surface area contributed by atoms with Crippen LogP contribution < -0.4 is 10.6 Å². The second kappa shape index (κ2) is 6.22. The highest BCUT2D eigenvalue weighted by Crippen LogP contribution is 2.30. The molecular formula is C15H26N4. The van der Waals surface area contributed by atoms with E-state index in [9.17, 15) is 0 Å². The van der Waals surface area contributed by atoms with Crippen molar-refractivity contribution in [1.82, 2.24) is 9.97 Å². The van der Waals surface area contributed by atoms with Crippen LogP contribution in [0.15, 0.2) is 6.07 Å². The van der Waals surface area contributed by atoms with Crippen LogP contribution in [0.5, 0.6) is 0 Å². The lowest BCUT2D eigenvalue weighted by Gasteiger charge is -2.33. The zero-order valence-corrected chi connectivity index (χ0v) is 12.5. The zero-order chi connectivity index (χ0) is 13.8. The molecule has 0 aliphatic heterocycles. The predicted octanol–water partition coefficient (Wildman–Crippen LogP) is 3.32. The summed E-state index contributed by atoms with van der Waals surface area (Å²) < 4.78 is 0. The summed E-state index contributed by atoms with van der Waals surface area (Å²) in [7, 11) is 1.90. The third-order valence-corrected chi connectivity index (χ3v) is 4.11. The van der Waals surface area contributed by atoms with E-state index in [0.717, 1.165) is 29.8 Å². The Labute approximate surface area is 116 Å². The lowest BCUT2D eigenvalue weighted by atomic mass is 9.80. The van der Waals surface area contributed by atoms with Gasteiger partial charge < -0.3 is 10.6 Å². The average Bonchev–Trinajstić information content (AvgIpc) is 2.41. The van der Waals surface area contributed by atoms with E-state index in [1.165, 1.54) is 19.3 Å². The summed E-state index contributed by atoms with van der Waals surface area (Å²) in [5.41, 5.74) is 0. The number of nitrogens with one attached hydrogen (secondary N) is 2. The Morgan fingerprint density at radius 1 is 1.21 bits per heavy atom. The molecule has 1 saturated carbocycles. The first-order valence-corrected chi connectivity index (χ1v) is 7.44. The largest absolute Gasteiger partial charge is 0.373 e. The van der Waals surface area contributed by atoms with E-state index < -0.39 is 0 Å². The highest BCUT2D eigenvalue weighted by atomic mass is 15.1. The van der Waals surface area contributed by atoms with Crippen LogP contribution >= 0.6 is 0 Å². The Bertz CT molecular complexity index is 396. The van der Waals surface area contributed by atoms with Gasteiger partial charge in [0.1, 0.15) is 17.5 Å². The van der Waals surface area contributed by atoms with Crippen LogP contribution in [-0.2, 0) is 6.42 Å². The zero-order valence-electron chi connectivity index (χ0n) is 12.5. The molecule has 0 bridgehead atoms. The Balaban J connectivity index is 2.09. The van der Waals surface area contributed by atoms with Crippen LogP contribution in [0.3, 0.4) is 0 Å². The molecule has 2 rings (SSSR count). The SMILES string of the molecule is CCc1nc(NC)cc(NC2CCC(C)CC2C)n1. The van der Waals surface area contributed by atoms with Gasteiger partial charge in [-0.25, -0.2) is 9.97 Å². The van der Waals surface area contributed by atoms with Crippen molar-refractivity contribution in [1.29, 1.82) is 0 Å². The van der Waals surface area contributed by atoms with Gasteiger partial charge in [-0.1, -0.05) is 20.8 Å². The summed E-state index contributed by atoms with van der Waals surface area (Å²) in [6.45, 7) is 6.78. The number of nitrogens with zero attached hydrogens (tertiary/aromatic N) is 2. The van der Waals surface area contributed by atoms with Crippen LogP contribution in [0.25, 0.3) is 0 Å². The topological polar surface area (TPSA) is 49.8 Å². The van der Waals surface area contributed by atoms with Crippen LogP contribution in [0.1, 0.15) is 45.9 Å². The third-order valence-electron chi connectivity index (χ3n) is 4.11. The van der Waals surface area contributed by atoms with E-state index in [2.05, 4.69) is 41.4 Å². The van der Waals surface area contributed by atoms with Crippen molar-refractivity contribution in [2.75, 3.05) is 17.7 Å². The molecule has 4 heteroatoms. The highest BCUT2D eigenvalue weighted by molar-refractivity contribution is 5.47. The molecule has 1 aromatic rings. The highest BCUT2D eigenvalue weighted by Gasteiger charge is 2.25. The Morgan fingerprint density at radius 3 is 2.58 bits per heavy atom. The first-order chi connectivity index (χ1) is 9.12. The molecule has 2 N–H and O–H groups in total. The molecule has 0 spiro atoms. The molecule has 19 heavy (non-hydrogen) atoms. The molecule has 1 heterocycles. The standard InChI is InChI=1S/C15H26N4/c1-5-13-18-14(16-4)9-15(19-13)17-12-7-6-10(2)8-11(12)3/h9-12H,5-8H2,1-4H3,(H2,16,17,18,19). The number of hydrogen-bond donors (Lipinski definition) is 2. The summed E-state index contributed by atoms with van der Waals surface area (Å²) in [5.74, 6) is 4.32. The molecule has 1 aliphatic rings.